The highest BCUT2D eigenvalue weighted by Crippen LogP contribution is 2.39. The zero-order chi connectivity index (χ0) is 23.8. The lowest BCUT2D eigenvalue weighted by atomic mass is 9.85. The SMILES string of the molecule is Cc1ccc([C@H](Nc2nonc2Nc2cccc(S(=O)(=O)N3CCCC3)c2O)C(C)(C)C)o1. The first-order valence-corrected chi connectivity index (χ1v) is 12.3. The third-order valence-electron chi connectivity index (χ3n) is 5.62. The van der Waals surface area contributed by atoms with Crippen LogP contribution in [0.2, 0.25) is 0 Å². The number of nitrogens with one attached hydrogen (secondary N) is 2. The number of aromatic nitrogens is 2. The van der Waals surface area contributed by atoms with Crippen LogP contribution < -0.4 is 10.6 Å². The Kier molecular flexibility index (Phi) is 6.10. The van der Waals surface area contributed by atoms with Crippen LogP contribution in [-0.2, 0) is 10.0 Å². The number of phenolic OH excluding ortho intramolecular Hbond substituents is 1. The van der Waals surface area contributed by atoms with E-state index in [1.165, 1.54) is 10.4 Å². The molecule has 0 amide bonds. The summed E-state index contributed by atoms with van der Waals surface area (Å²) < 4.78 is 38.1. The molecule has 0 spiro atoms. The van der Waals surface area contributed by atoms with Crippen LogP contribution in [0.1, 0.15) is 51.2 Å². The molecule has 11 heteroatoms. The van der Waals surface area contributed by atoms with E-state index in [1.807, 2.05) is 19.1 Å². The molecule has 0 saturated carbocycles. The van der Waals surface area contributed by atoms with Crippen LogP contribution in [0.15, 0.2) is 44.3 Å². The summed E-state index contributed by atoms with van der Waals surface area (Å²) in [5.41, 5.74) is -0.0676. The summed E-state index contributed by atoms with van der Waals surface area (Å²) in [6, 6.07) is 8.05. The largest absolute Gasteiger partial charge is 0.504 e. The highest BCUT2D eigenvalue weighted by molar-refractivity contribution is 7.89. The number of hydrogen-bond acceptors (Lipinski definition) is 9. The Bertz CT molecular complexity index is 1220. The Balaban J connectivity index is 1.61. The summed E-state index contributed by atoms with van der Waals surface area (Å²) in [6.07, 6.45) is 1.61. The van der Waals surface area contributed by atoms with Crippen molar-refractivity contribution in [3.05, 3.63) is 41.9 Å². The first kappa shape index (κ1) is 23.1. The van der Waals surface area contributed by atoms with Gasteiger partial charge in [-0.1, -0.05) is 26.8 Å². The number of para-hydroxylation sites is 1. The topological polar surface area (TPSA) is 134 Å². The van der Waals surface area contributed by atoms with Crippen LogP contribution in [0, 0.1) is 12.3 Å². The van der Waals surface area contributed by atoms with Gasteiger partial charge in [0.25, 0.3) is 0 Å². The average molecular weight is 476 g/mol. The Hall–Kier alpha value is -3.05. The molecular formula is C22H29N5O5S. The lowest BCUT2D eigenvalue weighted by Gasteiger charge is -2.29. The molecular weight excluding hydrogens is 446 g/mol. The molecule has 1 aliphatic rings. The minimum absolute atomic E-state index is 0.154. The van der Waals surface area contributed by atoms with Gasteiger partial charge in [0, 0.05) is 13.1 Å². The van der Waals surface area contributed by atoms with Gasteiger partial charge in [-0.2, -0.15) is 4.31 Å². The lowest BCUT2D eigenvalue weighted by Crippen LogP contribution is -2.28. The third kappa shape index (κ3) is 4.69. The van der Waals surface area contributed by atoms with Gasteiger partial charge in [-0.15, -0.1) is 0 Å². The van der Waals surface area contributed by atoms with Gasteiger partial charge < -0.3 is 20.2 Å². The average Bonchev–Trinajstić information content (AvgIpc) is 3.49. The molecule has 1 aromatic carbocycles. The number of nitrogens with zero attached hydrogens (tertiary/aromatic N) is 3. The molecule has 3 heterocycles. The summed E-state index contributed by atoms with van der Waals surface area (Å²) in [6.45, 7) is 8.94. The quantitative estimate of drug-likeness (QED) is 0.425. The fourth-order valence-electron chi connectivity index (χ4n) is 3.85. The smallest absolute Gasteiger partial charge is 0.246 e. The van der Waals surface area contributed by atoms with E-state index in [4.69, 9.17) is 9.05 Å². The molecule has 1 fully saturated rings. The molecule has 1 atom stereocenters. The number of sulfonamides is 1. The third-order valence-corrected chi connectivity index (χ3v) is 7.55. The molecule has 10 nitrogen and oxygen atoms in total. The first-order chi connectivity index (χ1) is 15.6. The second-order valence-corrected chi connectivity index (χ2v) is 11.1. The fraction of sp³-hybridized carbons (Fsp3) is 0.455. The van der Waals surface area contributed by atoms with Gasteiger partial charge in [0.1, 0.15) is 16.4 Å². The summed E-state index contributed by atoms with van der Waals surface area (Å²) >= 11 is 0. The molecule has 0 bridgehead atoms. The number of anilines is 3. The van der Waals surface area contributed by atoms with Crippen LogP contribution in [0.4, 0.5) is 17.3 Å². The van der Waals surface area contributed by atoms with Gasteiger partial charge in [-0.3, -0.25) is 0 Å². The van der Waals surface area contributed by atoms with Crippen LogP contribution in [-0.4, -0.2) is 41.2 Å². The normalized spacial score (nSPS) is 16.1. The van der Waals surface area contributed by atoms with Crippen LogP contribution in [0.25, 0.3) is 0 Å². The summed E-state index contributed by atoms with van der Waals surface area (Å²) in [5, 5.41) is 24.9. The molecule has 33 heavy (non-hydrogen) atoms. The molecule has 178 valence electrons. The summed E-state index contributed by atoms with van der Waals surface area (Å²) in [5.74, 6) is 1.65. The molecule has 0 unspecified atom stereocenters. The predicted octanol–water partition coefficient (Wildman–Crippen LogP) is 4.40. The minimum atomic E-state index is -3.80. The fourth-order valence-corrected chi connectivity index (χ4v) is 5.47. The van der Waals surface area contributed by atoms with Crippen LogP contribution >= 0.6 is 0 Å². The molecule has 2 aromatic heterocycles. The number of furan rings is 1. The maximum Gasteiger partial charge on any atom is 0.246 e. The number of aromatic hydroxyl groups is 1. The number of benzene rings is 1. The van der Waals surface area contributed by atoms with E-state index in [0.29, 0.717) is 18.9 Å². The van der Waals surface area contributed by atoms with E-state index in [-0.39, 0.29) is 33.6 Å². The molecule has 1 aliphatic heterocycles. The van der Waals surface area contributed by atoms with Crippen molar-refractivity contribution < 1.29 is 22.6 Å². The standard InChI is InChI=1S/C22H29N5O5S/c1-14-10-11-16(31-14)19(22(2,3)4)24-21-20(25-32-26-21)23-15-8-7-9-17(18(15)28)33(29,30)27-12-5-6-13-27/h7-11,19,28H,5-6,12-13H2,1-4H3,(H,23,25)(H,24,26)/t19-/m0/s1. The van der Waals surface area contributed by atoms with E-state index in [1.54, 1.807) is 12.1 Å². The lowest BCUT2D eigenvalue weighted by molar-refractivity contribution is 0.292. The number of hydrogen-bond donors (Lipinski definition) is 3. The van der Waals surface area contributed by atoms with E-state index in [9.17, 15) is 13.5 Å². The predicted molar refractivity (Wildman–Crippen MR) is 123 cm³/mol. The molecule has 3 N–H and O–H groups in total. The number of phenols is 1. The summed E-state index contributed by atoms with van der Waals surface area (Å²) in [7, 11) is -3.80. The van der Waals surface area contributed by atoms with Crippen molar-refractivity contribution in [3.8, 4) is 5.75 Å². The Morgan fingerprint density at radius 1 is 1.09 bits per heavy atom. The van der Waals surface area contributed by atoms with Crippen molar-refractivity contribution >= 4 is 27.3 Å². The van der Waals surface area contributed by atoms with Gasteiger partial charge in [-0.25, -0.2) is 13.0 Å². The maximum absolute atomic E-state index is 13.0. The van der Waals surface area contributed by atoms with Crippen molar-refractivity contribution in [1.82, 2.24) is 14.6 Å². The van der Waals surface area contributed by atoms with Crippen LogP contribution in [0.5, 0.6) is 5.75 Å². The van der Waals surface area contributed by atoms with Crippen molar-refractivity contribution in [3.63, 3.8) is 0 Å². The first-order valence-electron chi connectivity index (χ1n) is 10.8. The van der Waals surface area contributed by atoms with Gasteiger partial charge in [0.15, 0.2) is 5.75 Å². The van der Waals surface area contributed by atoms with E-state index in [2.05, 4.69) is 41.7 Å². The number of rotatable bonds is 7. The van der Waals surface area contributed by atoms with Crippen molar-refractivity contribution in [2.75, 3.05) is 23.7 Å². The highest BCUT2D eigenvalue weighted by Gasteiger charge is 2.32. The Labute approximate surface area is 193 Å². The second kappa shape index (κ2) is 8.71. The van der Waals surface area contributed by atoms with E-state index < -0.39 is 10.0 Å². The van der Waals surface area contributed by atoms with Crippen LogP contribution in [0.3, 0.4) is 0 Å². The molecule has 1 saturated heterocycles. The van der Waals surface area contributed by atoms with Gasteiger partial charge in [0.2, 0.25) is 21.7 Å². The molecule has 0 aliphatic carbocycles. The minimum Gasteiger partial charge on any atom is -0.504 e. The van der Waals surface area contributed by atoms with Crippen molar-refractivity contribution in [2.45, 2.75) is 51.5 Å². The second-order valence-electron chi connectivity index (χ2n) is 9.24. The zero-order valence-electron chi connectivity index (χ0n) is 19.1. The van der Waals surface area contributed by atoms with Gasteiger partial charge in [0.05, 0.1) is 11.7 Å². The number of aryl methyl sites for hydroxylation is 1. The highest BCUT2D eigenvalue weighted by atomic mass is 32.2. The van der Waals surface area contributed by atoms with Gasteiger partial charge in [-0.05, 0) is 59.8 Å². The Morgan fingerprint density at radius 2 is 1.79 bits per heavy atom. The summed E-state index contributed by atoms with van der Waals surface area (Å²) in [4.78, 5) is -0.154. The molecule has 3 aromatic rings. The molecule has 4 rings (SSSR count). The molecule has 0 radical (unpaired) electrons. The van der Waals surface area contributed by atoms with Crippen molar-refractivity contribution in [1.29, 1.82) is 0 Å². The van der Waals surface area contributed by atoms with Crippen molar-refractivity contribution in [2.24, 2.45) is 5.41 Å². The zero-order valence-corrected chi connectivity index (χ0v) is 19.9. The van der Waals surface area contributed by atoms with Gasteiger partial charge >= 0.3 is 0 Å². The monoisotopic (exact) mass is 475 g/mol. The van der Waals surface area contributed by atoms with E-state index >= 15 is 0 Å². The Morgan fingerprint density at radius 3 is 2.42 bits per heavy atom. The maximum atomic E-state index is 13.0. The van der Waals surface area contributed by atoms with E-state index in [0.717, 1.165) is 24.4 Å².